The van der Waals surface area contributed by atoms with Gasteiger partial charge in [-0.1, -0.05) is 39.7 Å². The van der Waals surface area contributed by atoms with Crippen molar-refractivity contribution in [2.45, 2.75) is 6.42 Å². The summed E-state index contributed by atoms with van der Waals surface area (Å²) < 4.78 is 6.69. The van der Waals surface area contributed by atoms with Gasteiger partial charge >= 0.3 is 0 Å². The summed E-state index contributed by atoms with van der Waals surface area (Å²) in [6.07, 6.45) is 0.995. The van der Waals surface area contributed by atoms with Crippen LogP contribution in [0.15, 0.2) is 53.0 Å². The van der Waals surface area contributed by atoms with Crippen molar-refractivity contribution in [2.75, 3.05) is 19.7 Å². The molecule has 0 bridgehead atoms. The van der Waals surface area contributed by atoms with Crippen LogP contribution in [0.25, 0.3) is 0 Å². The lowest BCUT2D eigenvalue weighted by Crippen LogP contribution is -2.23. The number of halogens is 2. The van der Waals surface area contributed by atoms with Gasteiger partial charge in [0.2, 0.25) is 0 Å². The predicted molar refractivity (Wildman–Crippen MR) is 87.7 cm³/mol. The molecule has 0 amide bonds. The fraction of sp³-hybridized carbons (Fsp3) is 0.250. The van der Waals surface area contributed by atoms with Crippen molar-refractivity contribution in [1.82, 2.24) is 5.32 Å². The first-order valence-corrected chi connectivity index (χ1v) is 7.75. The Balaban J connectivity index is 1.57. The van der Waals surface area contributed by atoms with E-state index in [1.54, 1.807) is 0 Å². The maximum atomic E-state index is 5.85. The molecule has 0 saturated heterocycles. The average molecular weight is 355 g/mol. The van der Waals surface area contributed by atoms with Crippen LogP contribution in [0.1, 0.15) is 5.56 Å². The molecule has 2 aromatic carbocycles. The molecule has 0 fully saturated rings. The Morgan fingerprint density at radius 3 is 2.35 bits per heavy atom. The molecule has 0 aliphatic heterocycles. The number of ether oxygens (including phenoxy) is 1. The van der Waals surface area contributed by atoms with Gasteiger partial charge in [0, 0.05) is 16.0 Å². The maximum Gasteiger partial charge on any atom is 0.119 e. The highest BCUT2D eigenvalue weighted by Crippen LogP contribution is 2.15. The Morgan fingerprint density at radius 2 is 1.65 bits per heavy atom. The van der Waals surface area contributed by atoms with Crippen LogP contribution in [-0.4, -0.2) is 19.7 Å². The van der Waals surface area contributed by atoms with Gasteiger partial charge in [-0.2, -0.15) is 0 Å². The van der Waals surface area contributed by atoms with Gasteiger partial charge in [-0.05, 0) is 54.9 Å². The van der Waals surface area contributed by atoms with Gasteiger partial charge in [0.25, 0.3) is 0 Å². The molecule has 0 atom stereocenters. The van der Waals surface area contributed by atoms with E-state index in [-0.39, 0.29) is 0 Å². The predicted octanol–water partition coefficient (Wildman–Crippen LogP) is 4.31. The highest BCUT2D eigenvalue weighted by atomic mass is 79.9. The zero-order chi connectivity index (χ0) is 14.2. The second-order valence-corrected chi connectivity index (χ2v) is 5.78. The quantitative estimate of drug-likeness (QED) is 0.748. The van der Waals surface area contributed by atoms with Crippen molar-refractivity contribution in [1.29, 1.82) is 0 Å². The van der Waals surface area contributed by atoms with Crippen LogP contribution in [0.4, 0.5) is 0 Å². The molecule has 2 rings (SSSR count). The molecule has 1 N–H and O–H groups in total. The summed E-state index contributed by atoms with van der Waals surface area (Å²) >= 11 is 9.25. The summed E-state index contributed by atoms with van der Waals surface area (Å²) in [5.41, 5.74) is 1.29. The van der Waals surface area contributed by atoms with E-state index in [1.165, 1.54) is 5.56 Å². The van der Waals surface area contributed by atoms with E-state index in [2.05, 4.69) is 33.4 Å². The maximum absolute atomic E-state index is 5.85. The SMILES string of the molecule is Clc1ccc(CCNCCOc2ccc(Br)cc2)cc1. The first-order valence-electron chi connectivity index (χ1n) is 6.57. The molecule has 0 radical (unpaired) electrons. The molecular weight excluding hydrogens is 338 g/mol. The number of benzene rings is 2. The summed E-state index contributed by atoms with van der Waals surface area (Å²) in [4.78, 5) is 0. The topological polar surface area (TPSA) is 21.3 Å². The Kier molecular flexibility index (Phi) is 6.37. The molecule has 2 aromatic rings. The molecule has 0 heterocycles. The van der Waals surface area contributed by atoms with Gasteiger partial charge < -0.3 is 10.1 Å². The highest BCUT2D eigenvalue weighted by Gasteiger charge is 1.95. The van der Waals surface area contributed by atoms with Crippen molar-refractivity contribution in [3.63, 3.8) is 0 Å². The molecule has 2 nitrogen and oxygen atoms in total. The van der Waals surface area contributed by atoms with Crippen molar-refractivity contribution in [3.05, 3.63) is 63.6 Å². The minimum atomic E-state index is 0.669. The van der Waals surface area contributed by atoms with Crippen molar-refractivity contribution in [3.8, 4) is 5.75 Å². The number of hydrogen-bond donors (Lipinski definition) is 1. The van der Waals surface area contributed by atoms with Crippen LogP contribution >= 0.6 is 27.5 Å². The highest BCUT2D eigenvalue weighted by molar-refractivity contribution is 9.10. The smallest absolute Gasteiger partial charge is 0.119 e. The molecule has 0 spiro atoms. The van der Waals surface area contributed by atoms with Crippen LogP contribution in [0.3, 0.4) is 0 Å². The second-order valence-electron chi connectivity index (χ2n) is 4.43. The van der Waals surface area contributed by atoms with Gasteiger partial charge in [0.05, 0.1) is 0 Å². The van der Waals surface area contributed by atoms with Crippen LogP contribution in [-0.2, 0) is 6.42 Å². The summed E-state index contributed by atoms with van der Waals surface area (Å²) in [5.74, 6) is 0.896. The molecule has 106 valence electrons. The molecule has 0 unspecified atom stereocenters. The van der Waals surface area contributed by atoms with Gasteiger partial charge in [-0.25, -0.2) is 0 Å². The first-order chi connectivity index (χ1) is 9.74. The van der Waals surface area contributed by atoms with Crippen molar-refractivity contribution in [2.24, 2.45) is 0 Å². The fourth-order valence-corrected chi connectivity index (χ4v) is 2.17. The van der Waals surface area contributed by atoms with E-state index in [1.807, 2.05) is 36.4 Å². The van der Waals surface area contributed by atoms with E-state index in [9.17, 15) is 0 Å². The zero-order valence-electron chi connectivity index (χ0n) is 11.1. The lowest BCUT2D eigenvalue weighted by molar-refractivity contribution is 0.314. The minimum Gasteiger partial charge on any atom is -0.492 e. The molecular formula is C16H17BrClNO. The lowest BCUT2D eigenvalue weighted by Gasteiger charge is -2.08. The van der Waals surface area contributed by atoms with Gasteiger partial charge in [-0.15, -0.1) is 0 Å². The molecule has 0 aromatic heterocycles. The van der Waals surface area contributed by atoms with E-state index in [0.29, 0.717) is 6.61 Å². The lowest BCUT2D eigenvalue weighted by atomic mass is 10.1. The summed E-state index contributed by atoms with van der Waals surface area (Å²) in [5, 5.41) is 4.14. The van der Waals surface area contributed by atoms with Crippen LogP contribution < -0.4 is 10.1 Å². The zero-order valence-corrected chi connectivity index (χ0v) is 13.5. The Bertz CT molecular complexity index is 464. The van der Waals surface area contributed by atoms with E-state index in [4.69, 9.17) is 16.3 Å². The summed E-state index contributed by atoms with van der Waals surface area (Å²) in [6.45, 7) is 2.44. The summed E-state index contributed by atoms with van der Waals surface area (Å²) in [6, 6.07) is 15.8. The Morgan fingerprint density at radius 1 is 0.950 bits per heavy atom. The molecule has 4 heteroatoms. The largest absolute Gasteiger partial charge is 0.492 e. The average Bonchev–Trinajstić information content (AvgIpc) is 2.46. The van der Waals surface area contributed by atoms with Crippen LogP contribution in [0.5, 0.6) is 5.75 Å². The van der Waals surface area contributed by atoms with Crippen molar-refractivity contribution < 1.29 is 4.74 Å². The van der Waals surface area contributed by atoms with Crippen LogP contribution in [0, 0.1) is 0 Å². The molecule has 20 heavy (non-hydrogen) atoms. The second kappa shape index (κ2) is 8.30. The summed E-state index contributed by atoms with van der Waals surface area (Å²) in [7, 11) is 0. The minimum absolute atomic E-state index is 0.669. The van der Waals surface area contributed by atoms with Gasteiger partial charge in [-0.3, -0.25) is 0 Å². The molecule has 0 saturated carbocycles. The third-order valence-corrected chi connectivity index (χ3v) is 3.65. The Hall–Kier alpha value is -1.03. The molecule has 0 aliphatic rings. The first kappa shape index (κ1) is 15.4. The number of nitrogens with one attached hydrogen (secondary N) is 1. The van der Waals surface area contributed by atoms with E-state index in [0.717, 1.165) is 34.8 Å². The fourth-order valence-electron chi connectivity index (χ4n) is 1.78. The standard InChI is InChI=1S/C16H17BrClNO/c17-14-3-7-16(8-4-14)20-12-11-19-10-9-13-1-5-15(18)6-2-13/h1-8,19H,9-12H2. The third-order valence-electron chi connectivity index (χ3n) is 2.86. The normalized spacial score (nSPS) is 10.5. The van der Waals surface area contributed by atoms with E-state index < -0.39 is 0 Å². The van der Waals surface area contributed by atoms with Crippen LogP contribution in [0.2, 0.25) is 5.02 Å². The van der Waals surface area contributed by atoms with Gasteiger partial charge in [0.15, 0.2) is 0 Å². The van der Waals surface area contributed by atoms with E-state index >= 15 is 0 Å². The third kappa shape index (κ3) is 5.53. The van der Waals surface area contributed by atoms with Crippen molar-refractivity contribution >= 4 is 27.5 Å². The number of rotatable bonds is 7. The van der Waals surface area contributed by atoms with Gasteiger partial charge in [0.1, 0.15) is 12.4 Å². The Labute approximate surface area is 133 Å². The molecule has 0 aliphatic carbocycles. The number of hydrogen-bond acceptors (Lipinski definition) is 2. The monoisotopic (exact) mass is 353 g/mol.